The van der Waals surface area contributed by atoms with Gasteiger partial charge in [0.05, 0.1) is 25.7 Å². The van der Waals surface area contributed by atoms with Gasteiger partial charge < -0.3 is 19.7 Å². The highest BCUT2D eigenvalue weighted by molar-refractivity contribution is 5.68. The second-order valence-corrected chi connectivity index (χ2v) is 6.47. The molecular weight excluding hydrogens is 251 g/mol. The number of rotatable bonds is 0. The molecule has 5 nitrogen and oxygen atoms in total. The SMILES string of the molecule is CC(C)(C)OC(=O)N1CC(F)C2NCCOC2(C)C1. The minimum atomic E-state index is -1.15. The van der Waals surface area contributed by atoms with Gasteiger partial charge >= 0.3 is 6.09 Å². The van der Waals surface area contributed by atoms with Crippen LogP contribution in [-0.2, 0) is 9.47 Å². The highest BCUT2D eigenvalue weighted by Gasteiger charge is 2.49. The zero-order valence-electron chi connectivity index (χ0n) is 12.0. The van der Waals surface area contributed by atoms with E-state index < -0.39 is 23.5 Å². The highest BCUT2D eigenvalue weighted by atomic mass is 19.1. The predicted octanol–water partition coefficient (Wildman–Crippen LogP) is 1.32. The number of hydrogen-bond donors (Lipinski definition) is 1. The Bertz CT molecular complexity index is 358. The molecule has 0 aromatic carbocycles. The summed E-state index contributed by atoms with van der Waals surface area (Å²) in [5.74, 6) is 0. The van der Waals surface area contributed by atoms with Crippen molar-refractivity contribution in [1.29, 1.82) is 0 Å². The summed E-state index contributed by atoms with van der Waals surface area (Å²) < 4.78 is 25.2. The lowest BCUT2D eigenvalue weighted by molar-refractivity contribution is -0.140. The van der Waals surface area contributed by atoms with E-state index in [0.717, 1.165) is 0 Å². The van der Waals surface area contributed by atoms with E-state index in [0.29, 0.717) is 19.7 Å². The van der Waals surface area contributed by atoms with Gasteiger partial charge in [0.25, 0.3) is 0 Å². The Kier molecular flexibility index (Phi) is 3.75. The number of morpholine rings is 1. The number of piperidine rings is 1. The first-order valence-electron chi connectivity index (χ1n) is 6.71. The van der Waals surface area contributed by atoms with Crippen LogP contribution < -0.4 is 5.32 Å². The van der Waals surface area contributed by atoms with Crippen molar-refractivity contribution in [2.45, 2.75) is 51.1 Å². The summed E-state index contributed by atoms with van der Waals surface area (Å²) in [6.07, 6.45) is -1.63. The zero-order chi connectivity index (χ0) is 14.3. The fourth-order valence-electron chi connectivity index (χ4n) is 2.68. The molecule has 2 saturated heterocycles. The maximum Gasteiger partial charge on any atom is 0.410 e. The average molecular weight is 274 g/mol. The Morgan fingerprint density at radius 3 is 2.84 bits per heavy atom. The lowest BCUT2D eigenvalue weighted by Crippen LogP contribution is -2.70. The molecule has 0 saturated carbocycles. The van der Waals surface area contributed by atoms with Gasteiger partial charge in [-0.05, 0) is 27.7 Å². The van der Waals surface area contributed by atoms with Gasteiger partial charge in [-0.1, -0.05) is 0 Å². The third kappa shape index (κ3) is 3.17. The summed E-state index contributed by atoms with van der Waals surface area (Å²) in [6, 6.07) is -0.361. The van der Waals surface area contributed by atoms with Crippen LogP contribution in [0, 0.1) is 0 Å². The number of carbonyl (C=O) groups is 1. The van der Waals surface area contributed by atoms with Gasteiger partial charge in [0.1, 0.15) is 17.4 Å². The first-order valence-corrected chi connectivity index (χ1v) is 6.71. The molecule has 2 aliphatic rings. The number of amides is 1. The largest absolute Gasteiger partial charge is 0.444 e. The van der Waals surface area contributed by atoms with Crippen LogP contribution in [0.25, 0.3) is 0 Å². The summed E-state index contributed by atoms with van der Waals surface area (Å²) in [4.78, 5) is 13.4. The fraction of sp³-hybridized carbons (Fsp3) is 0.923. The van der Waals surface area contributed by atoms with Crippen LogP contribution in [0.15, 0.2) is 0 Å². The third-order valence-electron chi connectivity index (χ3n) is 3.47. The molecular formula is C13H23FN2O3. The summed E-state index contributed by atoms with van der Waals surface area (Å²) in [6.45, 7) is 8.80. The lowest BCUT2D eigenvalue weighted by Gasteiger charge is -2.50. The quantitative estimate of drug-likeness (QED) is 0.724. The van der Waals surface area contributed by atoms with Crippen molar-refractivity contribution in [1.82, 2.24) is 10.2 Å². The molecule has 6 heteroatoms. The first-order chi connectivity index (χ1) is 8.71. The van der Waals surface area contributed by atoms with Crippen molar-refractivity contribution >= 4 is 6.09 Å². The van der Waals surface area contributed by atoms with Gasteiger partial charge in [0, 0.05) is 6.54 Å². The van der Waals surface area contributed by atoms with Crippen molar-refractivity contribution in [3.05, 3.63) is 0 Å². The van der Waals surface area contributed by atoms with Crippen LogP contribution in [0.2, 0.25) is 0 Å². The summed E-state index contributed by atoms with van der Waals surface area (Å²) >= 11 is 0. The highest BCUT2D eigenvalue weighted by Crippen LogP contribution is 2.30. The topological polar surface area (TPSA) is 50.8 Å². The minimum Gasteiger partial charge on any atom is -0.444 e. The monoisotopic (exact) mass is 274 g/mol. The van der Waals surface area contributed by atoms with E-state index in [1.54, 1.807) is 20.8 Å². The number of alkyl halides is 1. The summed E-state index contributed by atoms with van der Waals surface area (Å²) in [7, 11) is 0. The Hall–Kier alpha value is -0.880. The van der Waals surface area contributed by atoms with Crippen LogP contribution in [0.5, 0.6) is 0 Å². The Labute approximate surface area is 113 Å². The number of nitrogens with one attached hydrogen (secondary N) is 1. The van der Waals surface area contributed by atoms with Crippen molar-refractivity contribution < 1.29 is 18.7 Å². The van der Waals surface area contributed by atoms with Crippen LogP contribution in [0.1, 0.15) is 27.7 Å². The Balaban J connectivity index is 2.07. The molecule has 0 aliphatic carbocycles. The maximum atomic E-state index is 14.2. The van der Waals surface area contributed by atoms with Crippen LogP contribution >= 0.6 is 0 Å². The molecule has 2 heterocycles. The van der Waals surface area contributed by atoms with Crippen LogP contribution in [-0.4, -0.2) is 60.6 Å². The molecule has 19 heavy (non-hydrogen) atoms. The van der Waals surface area contributed by atoms with E-state index in [4.69, 9.17) is 9.47 Å². The molecule has 2 fully saturated rings. The normalized spacial score (nSPS) is 35.7. The van der Waals surface area contributed by atoms with Crippen molar-refractivity contribution in [2.24, 2.45) is 0 Å². The summed E-state index contributed by atoms with van der Waals surface area (Å²) in [5.41, 5.74) is -1.26. The van der Waals surface area contributed by atoms with E-state index in [2.05, 4.69) is 5.32 Å². The molecule has 110 valence electrons. The molecule has 2 aliphatic heterocycles. The number of likely N-dealkylation sites (tertiary alicyclic amines) is 1. The van der Waals surface area contributed by atoms with Gasteiger partial charge in [0.2, 0.25) is 0 Å². The minimum absolute atomic E-state index is 0.0472. The average Bonchev–Trinajstić information content (AvgIpc) is 2.25. The van der Waals surface area contributed by atoms with Gasteiger partial charge in [-0.15, -0.1) is 0 Å². The van der Waals surface area contributed by atoms with Crippen molar-refractivity contribution in [3.63, 3.8) is 0 Å². The van der Waals surface area contributed by atoms with E-state index >= 15 is 0 Å². The third-order valence-corrected chi connectivity index (χ3v) is 3.47. The van der Waals surface area contributed by atoms with Gasteiger partial charge in [0.15, 0.2) is 0 Å². The first kappa shape index (κ1) is 14.5. The summed E-state index contributed by atoms with van der Waals surface area (Å²) in [5, 5.41) is 3.14. The predicted molar refractivity (Wildman–Crippen MR) is 68.9 cm³/mol. The molecule has 2 rings (SSSR count). The number of hydrogen-bond acceptors (Lipinski definition) is 4. The van der Waals surface area contributed by atoms with E-state index in [1.165, 1.54) is 4.90 Å². The number of halogens is 1. The van der Waals surface area contributed by atoms with E-state index in [9.17, 15) is 9.18 Å². The van der Waals surface area contributed by atoms with Gasteiger partial charge in [-0.25, -0.2) is 9.18 Å². The van der Waals surface area contributed by atoms with Crippen LogP contribution in [0.4, 0.5) is 9.18 Å². The van der Waals surface area contributed by atoms with E-state index in [-0.39, 0.29) is 12.6 Å². The lowest BCUT2D eigenvalue weighted by atomic mass is 9.86. The number of nitrogens with zero attached hydrogens (tertiary/aromatic N) is 1. The van der Waals surface area contributed by atoms with Crippen LogP contribution in [0.3, 0.4) is 0 Å². The maximum absolute atomic E-state index is 14.2. The van der Waals surface area contributed by atoms with Crippen molar-refractivity contribution in [3.8, 4) is 0 Å². The standard InChI is InChI=1S/C13H23FN2O3/c1-12(2,3)19-11(17)16-7-9(14)10-13(4,8-16)18-6-5-15-10/h9-10,15H,5-8H2,1-4H3. The van der Waals surface area contributed by atoms with E-state index in [1.807, 2.05) is 6.92 Å². The van der Waals surface area contributed by atoms with Gasteiger partial charge in [-0.2, -0.15) is 0 Å². The molecule has 3 atom stereocenters. The second-order valence-electron chi connectivity index (χ2n) is 6.47. The molecule has 0 aromatic rings. The number of ether oxygens (including phenoxy) is 2. The second kappa shape index (κ2) is 4.90. The fourth-order valence-corrected chi connectivity index (χ4v) is 2.68. The Morgan fingerprint density at radius 1 is 1.53 bits per heavy atom. The molecule has 1 N–H and O–H groups in total. The molecule has 0 radical (unpaired) electrons. The molecule has 0 spiro atoms. The number of fused-ring (bicyclic) bond motifs is 1. The van der Waals surface area contributed by atoms with Gasteiger partial charge in [-0.3, -0.25) is 0 Å². The molecule has 1 amide bonds. The molecule has 3 unspecified atom stereocenters. The number of carbonyl (C=O) groups excluding carboxylic acids is 1. The Morgan fingerprint density at radius 2 is 2.21 bits per heavy atom. The molecule has 0 aromatic heterocycles. The zero-order valence-corrected chi connectivity index (χ0v) is 12.0. The van der Waals surface area contributed by atoms with Crippen molar-refractivity contribution in [2.75, 3.05) is 26.2 Å². The molecule has 0 bridgehead atoms. The smallest absolute Gasteiger partial charge is 0.410 e.